The molecular weight excluding hydrogens is 309 g/mol. The number of hydrogen-bond acceptors (Lipinski definition) is 6. The molecule has 0 saturated carbocycles. The summed E-state index contributed by atoms with van der Waals surface area (Å²) in [6, 6.07) is 3.42. The number of ether oxygens (including phenoxy) is 1. The van der Waals surface area contributed by atoms with E-state index >= 15 is 0 Å². The van der Waals surface area contributed by atoms with E-state index in [1.807, 2.05) is 27.7 Å². The summed E-state index contributed by atoms with van der Waals surface area (Å²) in [5, 5.41) is 8.17. The molecule has 0 bridgehead atoms. The second kappa shape index (κ2) is 5.56. The van der Waals surface area contributed by atoms with Crippen LogP contribution in [0.3, 0.4) is 0 Å². The van der Waals surface area contributed by atoms with Gasteiger partial charge in [0, 0.05) is 12.5 Å². The zero-order valence-electron chi connectivity index (χ0n) is 14.9. The van der Waals surface area contributed by atoms with Crippen molar-refractivity contribution in [2.75, 3.05) is 6.61 Å². The highest BCUT2D eigenvalue weighted by Crippen LogP contribution is 2.37. The molecule has 0 atom stereocenters. The highest BCUT2D eigenvalue weighted by atomic mass is 16.7. The number of nitrogens with zero attached hydrogens (tertiary/aromatic N) is 3. The molecule has 1 aromatic heterocycles. The van der Waals surface area contributed by atoms with Crippen molar-refractivity contribution in [1.29, 1.82) is 0 Å². The molecule has 1 saturated heterocycles. The Morgan fingerprint density at radius 1 is 1.25 bits per heavy atom. The zero-order valence-corrected chi connectivity index (χ0v) is 14.9. The average molecular weight is 331 g/mol. The Morgan fingerprint density at radius 2 is 1.88 bits per heavy atom. The summed E-state index contributed by atoms with van der Waals surface area (Å²) in [5.74, 6) is -0.400. The first-order valence-electron chi connectivity index (χ1n) is 8.02. The topological polar surface area (TPSA) is 75.5 Å². The summed E-state index contributed by atoms with van der Waals surface area (Å²) in [7, 11) is 1.19. The Labute approximate surface area is 141 Å². The molecule has 0 aliphatic carbocycles. The summed E-state index contributed by atoms with van der Waals surface area (Å²) < 4.78 is 19.0. The Balaban J connectivity index is 2.13. The Kier molecular flexibility index (Phi) is 3.92. The largest absolute Gasteiger partial charge is 0.497 e. The third-order valence-corrected chi connectivity index (χ3v) is 4.75. The lowest BCUT2D eigenvalue weighted by atomic mass is 9.77. The van der Waals surface area contributed by atoms with Gasteiger partial charge in [-0.1, -0.05) is 5.21 Å². The first-order valence-corrected chi connectivity index (χ1v) is 8.02. The molecule has 0 spiro atoms. The molecule has 1 fully saturated rings. The number of benzene rings is 1. The van der Waals surface area contributed by atoms with Crippen LogP contribution in [-0.2, 0) is 21.1 Å². The number of rotatable bonds is 3. The third-order valence-electron chi connectivity index (χ3n) is 4.75. The van der Waals surface area contributed by atoms with Crippen molar-refractivity contribution in [1.82, 2.24) is 15.0 Å². The van der Waals surface area contributed by atoms with Gasteiger partial charge >= 0.3 is 13.1 Å². The van der Waals surface area contributed by atoms with Crippen molar-refractivity contribution in [2.24, 2.45) is 7.05 Å². The van der Waals surface area contributed by atoms with Gasteiger partial charge in [-0.2, -0.15) is 0 Å². The van der Waals surface area contributed by atoms with Crippen molar-refractivity contribution in [3.05, 3.63) is 17.7 Å². The van der Waals surface area contributed by atoms with Crippen LogP contribution in [0.1, 0.15) is 45.0 Å². The number of aromatic nitrogens is 3. The molecule has 1 aliphatic heterocycles. The van der Waals surface area contributed by atoms with Crippen LogP contribution in [-0.4, -0.2) is 45.9 Å². The van der Waals surface area contributed by atoms with Crippen LogP contribution in [0.4, 0.5) is 0 Å². The van der Waals surface area contributed by atoms with Crippen LogP contribution in [0, 0.1) is 0 Å². The fourth-order valence-electron chi connectivity index (χ4n) is 2.71. The van der Waals surface area contributed by atoms with Gasteiger partial charge in [-0.3, -0.25) is 0 Å². The van der Waals surface area contributed by atoms with Crippen LogP contribution < -0.4 is 5.46 Å². The number of hydrogen-bond donors (Lipinski definition) is 0. The van der Waals surface area contributed by atoms with Gasteiger partial charge in [0.05, 0.1) is 28.9 Å². The molecule has 1 aromatic carbocycles. The second-order valence-electron chi connectivity index (χ2n) is 6.95. The van der Waals surface area contributed by atoms with E-state index in [1.165, 1.54) is 0 Å². The fourth-order valence-corrected chi connectivity index (χ4v) is 2.71. The number of fused-ring (bicyclic) bond motifs is 1. The molecule has 7 nitrogen and oxygen atoms in total. The van der Waals surface area contributed by atoms with Gasteiger partial charge in [0.1, 0.15) is 5.52 Å². The van der Waals surface area contributed by atoms with E-state index in [1.54, 1.807) is 30.8 Å². The predicted octanol–water partition coefficient (Wildman–Crippen LogP) is 1.44. The lowest BCUT2D eigenvalue weighted by Gasteiger charge is -2.32. The summed E-state index contributed by atoms with van der Waals surface area (Å²) in [4.78, 5) is 12.2. The summed E-state index contributed by atoms with van der Waals surface area (Å²) in [5.41, 5.74) is 1.57. The normalized spacial score (nSPS) is 19.0. The van der Waals surface area contributed by atoms with Gasteiger partial charge in [0.2, 0.25) is 0 Å². The maximum Gasteiger partial charge on any atom is 0.497 e. The standard InChI is InChI=1S/C16H22BN3O4/c1-7-22-14(21)10-8-11(13-12(9-10)18-19-20(13)6)17-23-15(2,3)16(4,5)24-17/h8-9H,7H2,1-6H3. The van der Waals surface area contributed by atoms with Crippen molar-refractivity contribution < 1.29 is 18.8 Å². The van der Waals surface area contributed by atoms with Crippen LogP contribution in [0.5, 0.6) is 0 Å². The average Bonchev–Trinajstić information content (AvgIpc) is 2.96. The number of esters is 1. The lowest BCUT2D eigenvalue weighted by Crippen LogP contribution is -2.41. The Morgan fingerprint density at radius 3 is 2.46 bits per heavy atom. The molecule has 2 heterocycles. The van der Waals surface area contributed by atoms with E-state index in [0.29, 0.717) is 17.7 Å². The number of carbonyl (C=O) groups excluding carboxylic acids is 1. The van der Waals surface area contributed by atoms with Crippen molar-refractivity contribution >= 4 is 29.6 Å². The van der Waals surface area contributed by atoms with Gasteiger partial charge in [-0.25, -0.2) is 9.48 Å². The summed E-state index contributed by atoms with van der Waals surface area (Å²) in [6.45, 7) is 10.0. The van der Waals surface area contributed by atoms with E-state index in [2.05, 4.69) is 10.3 Å². The molecule has 3 rings (SSSR count). The van der Waals surface area contributed by atoms with Gasteiger partial charge < -0.3 is 14.0 Å². The molecule has 128 valence electrons. The van der Waals surface area contributed by atoms with Crippen LogP contribution in [0.15, 0.2) is 12.1 Å². The Hall–Kier alpha value is -1.93. The van der Waals surface area contributed by atoms with Crippen LogP contribution in [0.25, 0.3) is 11.0 Å². The first kappa shape index (κ1) is 16.9. The minimum atomic E-state index is -0.607. The maximum absolute atomic E-state index is 12.2. The van der Waals surface area contributed by atoms with E-state index < -0.39 is 24.3 Å². The first-order chi connectivity index (χ1) is 11.2. The molecule has 2 aromatic rings. The van der Waals surface area contributed by atoms with Gasteiger partial charge in [-0.15, -0.1) is 5.10 Å². The summed E-state index contributed by atoms with van der Waals surface area (Å²) >= 11 is 0. The van der Waals surface area contributed by atoms with E-state index in [0.717, 1.165) is 11.0 Å². The predicted molar refractivity (Wildman–Crippen MR) is 90.2 cm³/mol. The van der Waals surface area contributed by atoms with Crippen molar-refractivity contribution in [3.8, 4) is 0 Å². The monoisotopic (exact) mass is 331 g/mol. The molecule has 1 aliphatic rings. The quantitative estimate of drug-likeness (QED) is 0.626. The molecule has 0 amide bonds. The van der Waals surface area contributed by atoms with Crippen LogP contribution >= 0.6 is 0 Å². The number of aryl methyl sites for hydroxylation is 1. The molecule has 0 radical (unpaired) electrons. The van der Waals surface area contributed by atoms with Gasteiger partial charge in [0.15, 0.2) is 0 Å². The minimum absolute atomic E-state index is 0.309. The van der Waals surface area contributed by atoms with E-state index in [4.69, 9.17) is 14.0 Å². The maximum atomic E-state index is 12.2. The number of carbonyl (C=O) groups is 1. The zero-order chi connectivity index (χ0) is 17.7. The second-order valence-corrected chi connectivity index (χ2v) is 6.95. The fraction of sp³-hybridized carbons (Fsp3) is 0.562. The molecule has 24 heavy (non-hydrogen) atoms. The van der Waals surface area contributed by atoms with E-state index in [-0.39, 0.29) is 0 Å². The Bertz CT molecular complexity index is 784. The third kappa shape index (κ3) is 2.59. The van der Waals surface area contributed by atoms with Gasteiger partial charge in [-0.05, 0) is 46.8 Å². The minimum Gasteiger partial charge on any atom is -0.462 e. The van der Waals surface area contributed by atoms with Crippen LogP contribution in [0.2, 0.25) is 0 Å². The molecule has 0 N–H and O–H groups in total. The lowest BCUT2D eigenvalue weighted by molar-refractivity contribution is 0.00578. The smallest absolute Gasteiger partial charge is 0.462 e. The molecule has 8 heteroatoms. The molecule has 0 unspecified atom stereocenters. The van der Waals surface area contributed by atoms with Gasteiger partial charge in [0.25, 0.3) is 0 Å². The highest BCUT2D eigenvalue weighted by molar-refractivity contribution is 6.65. The highest BCUT2D eigenvalue weighted by Gasteiger charge is 2.52. The van der Waals surface area contributed by atoms with Crippen molar-refractivity contribution in [2.45, 2.75) is 45.8 Å². The SMILES string of the molecule is CCOC(=O)c1cc(B2OC(C)(C)C(C)(C)O2)c2c(c1)nnn2C. The molecular formula is C16H22BN3O4. The summed E-state index contributed by atoms with van der Waals surface area (Å²) in [6.07, 6.45) is 0. The van der Waals surface area contributed by atoms with Crippen molar-refractivity contribution in [3.63, 3.8) is 0 Å². The van der Waals surface area contributed by atoms with E-state index in [9.17, 15) is 4.79 Å².